The number of unbranched alkanes of at least 4 members (excludes halogenated alkanes) is 1. The lowest BCUT2D eigenvalue weighted by atomic mass is 10.1. The Labute approximate surface area is 271 Å². The molecule has 2 amide bonds. The molecule has 0 bridgehead atoms. The van der Waals surface area contributed by atoms with E-state index in [0.717, 1.165) is 66.9 Å². The van der Waals surface area contributed by atoms with Crippen LogP contribution in [0.2, 0.25) is 0 Å². The van der Waals surface area contributed by atoms with Crippen LogP contribution in [0.25, 0.3) is 0 Å². The Bertz CT molecular complexity index is 1510. The second-order valence-electron chi connectivity index (χ2n) is 11.2. The fourth-order valence-electron chi connectivity index (χ4n) is 5.57. The maximum atomic E-state index is 12.8. The van der Waals surface area contributed by atoms with E-state index in [-0.39, 0.29) is 11.8 Å². The smallest absolute Gasteiger partial charge is 0.247 e. The summed E-state index contributed by atoms with van der Waals surface area (Å²) in [7, 11) is 4.00. The number of anilines is 4. The van der Waals surface area contributed by atoms with E-state index in [2.05, 4.69) is 44.2 Å². The van der Waals surface area contributed by atoms with E-state index in [1.807, 2.05) is 38.6 Å². The van der Waals surface area contributed by atoms with Gasteiger partial charge in [-0.15, -0.1) is 0 Å². The quantitative estimate of drug-likeness (QED) is 0.128. The number of piperazine rings is 1. The largest absolute Gasteiger partial charge is 0.438 e. The number of fused-ring (bicyclic) bond motifs is 1. The van der Waals surface area contributed by atoms with Crippen molar-refractivity contribution < 1.29 is 19.1 Å². The van der Waals surface area contributed by atoms with E-state index >= 15 is 0 Å². The third kappa shape index (κ3) is 8.30. The molecule has 3 aliphatic rings. The first-order valence-electron chi connectivity index (χ1n) is 15.4. The summed E-state index contributed by atoms with van der Waals surface area (Å²) in [5.74, 6) is 2.60. The molecule has 2 aromatic carbocycles. The fourth-order valence-corrected chi connectivity index (χ4v) is 8.60. The molecular formula is C33H38N6O4S2. The maximum Gasteiger partial charge on any atom is 0.247 e. The first-order valence-corrected chi connectivity index (χ1v) is 17.8. The number of hydrogen-bond acceptors (Lipinski definition) is 10. The normalized spacial score (nSPS) is 17.6. The standard InChI is InChI=1S/C33H38N6O4S2/c1-2-30(40)34-24-6-5-7-26(20-24)43-32-28-21-42-22-29(28)36-33(37-32)35-23-10-12-25(13-11-23)38-15-17-39(18-16-38)31(41)9-4-3-8-27-14-19-44-45-27/h2,5-7,10-13,20,27H,1,3-4,8-9,14-19,21-22H2,(H,34,40)(H,35,36,37). The number of aromatic nitrogens is 2. The molecule has 2 fully saturated rings. The molecule has 1 atom stereocenters. The molecule has 0 aliphatic carbocycles. The Morgan fingerprint density at radius 1 is 1.04 bits per heavy atom. The number of carbonyl (C=O) groups is 2. The predicted octanol–water partition coefficient (Wildman–Crippen LogP) is 6.53. The van der Waals surface area contributed by atoms with Crippen molar-refractivity contribution in [1.82, 2.24) is 14.9 Å². The summed E-state index contributed by atoms with van der Waals surface area (Å²) in [6.07, 6.45) is 6.56. The van der Waals surface area contributed by atoms with Gasteiger partial charge in [-0.05, 0) is 61.7 Å². The summed E-state index contributed by atoms with van der Waals surface area (Å²) in [5, 5.41) is 6.82. The van der Waals surface area contributed by atoms with Crippen LogP contribution in [0.5, 0.6) is 11.6 Å². The first kappa shape index (κ1) is 31.3. The minimum absolute atomic E-state index is 0.290. The van der Waals surface area contributed by atoms with Crippen molar-refractivity contribution >= 4 is 56.4 Å². The zero-order chi connectivity index (χ0) is 31.0. The number of ether oxygens (including phenoxy) is 2. The topological polar surface area (TPSA) is 109 Å². The van der Waals surface area contributed by atoms with Crippen molar-refractivity contribution in [3.63, 3.8) is 0 Å². The number of amides is 2. The van der Waals surface area contributed by atoms with Crippen LogP contribution >= 0.6 is 21.6 Å². The van der Waals surface area contributed by atoms with Crippen LogP contribution in [-0.4, -0.2) is 63.9 Å². The molecule has 12 heteroatoms. The van der Waals surface area contributed by atoms with Gasteiger partial charge in [0.15, 0.2) is 0 Å². The second kappa shape index (κ2) is 15.0. The number of rotatable bonds is 12. The fraction of sp³-hybridized carbons (Fsp3) is 0.394. The lowest BCUT2D eigenvalue weighted by Crippen LogP contribution is -2.48. The lowest BCUT2D eigenvalue weighted by molar-refractivity contribution is -0.131. The minimum Gasteiger partial charge on any atom is -0.438 e. The van der Waals surface area contributed by atoms with E-state index in [9.17, 15) is 9.59 Å². The van der Waals surface area contributed by atoms with Gasteiger partial charge < -0.3 is 29.9 Å². The first-order chi connectivity index (χ1) is 22.0. The summed E-state index contributed by atoms with van der Waals surface area (Å²) < 4.78 is 11.8. The second-order valence-corrected chi connectivity index (χ2v) is 14.0. The number of benzene rings is 2. The van der Waals surface area contributed by atoms with Crippen molar-refractivity contribution in [2.75, 3.05) is 47.5 Å². The highest BCUT2D eigenvalue weighted by molar-refractivity contribution is 8.77. The lowest BCUT2D eigenvalue weighted by Gasteiger charge is -2.36. The molecule has 3 aromatic rings. The molecule has 0 saturated carbocycles. The summed E-state index contributed by atoms with van der Waals surface area (Å²) >= 11 is 0. The highest BCUT2D eigenvalue weighted by Crippen LogP contribution is 2.40. The Morgan fingerprint density at radius 2 is 1.89 bits per heavy atom. The molecule has 4 heterocycles. The zero-order valence-corrected chi connectivity index (χ0v) is 26.8. The van der Waals surface area contributed by atoms with Gasteiger partial charge in [-0.1, -0.05) is 40.7 Å². The summed E-state index contributed by atoms with van der Waals surface area (Å²) in [6, 6.07) is 15.3. The van der Waals surface area contributed by atoms with Gasteiger partial charge in [0.25, 0.3) is 0 Å². The van der Waals surface area contributed by atoms with E-state index < -0.39 is 0 Å². The van der Waals surface area contributed by atoms with Crippen molar-refractivity contribution in [3.8, 4) is 11.6 Å². The maximum absolute atomic E-state index is 12.8. The van der Waals surface area contributed by atoms with Crippen LogP contribution in [0.15, 0.2) is 61.2 Å². The summed E-state index contributed by atoms with van der Waals surface area (Å²) in [4.78, 5) is 38.1. The van der Waals surface area contributed by atoms with Gasteiger partial charge in [-0.3, -0.25) is 9.59 Å². The third-order valence-corrected chi connectivity index (χ3v) is 11.1. The van der Waals surface area contributed by atoms with Crippen LogP contribution in [0.4, 0.5) is 23.0 Å². The van der Waals surface area contributed by atoms with Crippen LogP contribution in [0.1, 0.15) is 43.4 Å². The Morgan fingerprint density at radius 3 is 2.67 bits per heavy atom. The monoisotopic (exact) mass is 646 g/mol. The Balaban J connectivity index is 1.02. The number of carbonyl (C=O) groups excluding carboxylic acids is 2. The Hall–Kier alpha value is -3.74. The molecular weight excluding hydrogens is 609 g/mol. The van der Waals surface area contributed by atoms with Crippen LogP contribution in [0, 0.1) is 0 Å². The average Bonchev–Trinajstić information content (AvgIpc) is 3.76. The molecule has 3 aliphatic heterocycles. The van der Waals surface area contributed by atoms with Gasteiger partial charge in [0.1, 0.15) is 5.75 Å². The molecule has 2 saturated heterocycles. The SMILES string of the molecule is C=CC(=O)Nc1cccc(Oc2nc(Nc3ccc(N4CCN(C(=O)CCCCC5CCSS5)CC4)cc3)nc3c2COC3)c1. The molecule has 1 unspecified atom stereocenters. The van der Waals surface area contributed by atoms with E-state index in [4.69, 9.17) is 9.47 Å². The molecule has 10 nitrogen and oxygen atoms in total. The van der Waals surface area contributed by atoms with E-state index in [1.165, 1.54) is 24.7 Å². The molecule has 236 valence electrons. The number of hydrogen-bond donors (Lipinski definition) is 2. The minimum atomic E-state index is -0.299. The number of nitrogens with zero attached hydrogens (tertiary/aromatic N) is 4. The summed E-state index contributed by atoms with van der Waals surface area (Å²) in [5.41, 5.74) is 4.14. The van der Waals surface area contributed by atoms with Gasteiger partial charge in [-0.2, -0.15) is 4.98 Å². The zero-order valence-electron chi connectivity index (χ0n) is 25.2. The molecule has 1 aromatic heterocycles. The molecule has 0 radical (unpaired) electrons. The van der Waals surface area contributed by atoms with E-state index in [1.54, 1.807) is 24.3 Å². The van der Waals surface area contributed by atoms with Crippen molar-refractivity contribution in [2.24, 2.45) is 0 Å². The van der Waals surface area contributed by atoms with Crippen molar-refractivity contribution in [1.29, 1.82) is 0 Å². The molecule has 45 heavy (non-hydrogen) atoms. The predicted molar refractivity (Wildman–Crippen MR) is 181 cm³/mol. The Kier molecular flexibility index (Phi) is 10.4. The van der Waals surface area contributed by atoms with Crippen molar-refractivity contribution in [3.05, 3.63) is 72.4 Å². The highest BCUT2D eigenvalue weighted by Gasteiger charge is 2.24. The van der Waals surface area contributed by atoms with E-state index in [0.29, 0.717) is 42.9 Å². The van der Waals surface area contributed by atoms with Gasteiger partial charge in [0.05, 0.1) is 24.5 Å². The van der Waals surface area contributed by atoms with Gasteiger partial charge >= 0.3 is 0 Å². The molecule has 0 spiro atoms. The average molecular weight is 647 g/mol. The van der Waals surface area contributed by atoms with Gasteiger partial charge in [0.2, 0.25) is 23.6 Å². The van der Waals surface area contributed by atoms with Gasteiger partial charge in [-0.25, -0.2) is 4.98 Å². The molecule has 6 rings (SSSR count). The van der Waals surface area contributed by atoms with Crippen molar-refractivity contribution in [2.45, 2.75) is 50.6 Å². The van der Waals surface area contributed by atoms with Crippen LogP contribution in [0.3, 0.4) is 0 Å². The third-order valence-electron chi connectivity index (χ3n) is 8.06. The van der Waals surface area contributed by atoms with Gasteiger partial charge in [0, 0.05) is 66.7 Å². The molecule has 2 N–H and O–H groups in total. The van der Waals surface area contributed by atoms with Crippen LogP contribution < -0.4 is 20.3 Å². The summed E-state index contributed by atoms with van der Waals surface area (Å²) in [6.45, 7) is 7.39. The van der Waals surface area contributed by atoms with Crippen LogP contribution in [-0.2, 0) is 27.5 Å². The highest BCUT2D eigenvalue weighted by atomic mass is 33.1. The number of nitrogens with one attached hydrogen (secondary N) is 2.